The van der Waals surface area contributed by atoms with Crippen LogP contribution in [0.1, 0.15) is 5.56 Å². The standard InChI is InChI=1S/C10H7Cl2FN4/c11-8-9(15-10(12)17-16-8)14-5-6-1-3-7(13)4-2-6/h1-4H,5H2,(H,14,15,17). The van der Waals surface area contributed by atoms with E-state index in [1.54, 1.807) is 12.1 Å². The maximum Gasteiger partial charge on any atom is 0.245 e. The van der Waals surface area contributed by atoms with E-state index in [1.807, 2.05) is 0 Å². The summed E-state index contributed by atoms with van der Waals surface area (Å²) in [5, 5.41) is 10.2. The van der Waals surface area contributed by atoms with Crippen molar-refractivity contribution in [2.75, 3.05) is 5.32 Å². The zero-order chi connectivity index (χ0) is 12.3. The molecule has 0 aliphatic rings. The van der Waals surface area contributed by atoms with Crippen molar-refractivity contribution in [3.05, 3.63) is 46.1 Å². The van der Waals surface area contributed by atoms with Crippen molar-refractivity contribution in [3.8, 4) is 0 Å². The zero-order valence-electron chi connectivity index (χ0n) is 8.49. The van der Waals surface area contributed by atoms with Crippen molar-refractivity contribution < 1.29 is 4.39 Å². The molecule has 0 saturated heterocycles. The molecule has 0 bridgehead atoms. The summed E-state index contributed by atoms with van der Waals surface area (Å²) in [5.41, 5.74) is 0.886. The Morgan fingerprint density at radius 3 is 2.53 bits per heavy atom. The van der Waals surface area contributed by atoms with Gasteiger partial charge in [0.05, 0.1) is 0 Å². The predicted octanol–water partition coefficient (Wildman–Crippen LogP) is 2.93. The van der Waals surface area contributed by atoms with Crippen LogP contribution in [0.2, 0.25) is 10.4 Å². The van der Waals surface area contributed by atoms with Crippen LogP contribution in [0.25, 0.3) is 0 Å². The molecule has 0 fully saturated rings. The normalized spacial score (nSPS) is 10.3. The summed E-state index contributed by atoms with van der Waals surface area (Å²) < 4.78 is 12.7. The highest BCUT2D eigenvalue weighted by Gasteiger charge is 2.05. The lowest BCUT2D eigenvalue weighted by atomic mass is 10.2. The Morgan fingerprint density at radius 2 is 1.82 bits per heavy atom. The molecular formula is C10H7Cl2FN4. The predicted molar refractivity (Wildman–Crippen MR) is 63.6 cm³/mol. The number of hydrogen-bond donors (Lipinski definition) is 1. The fourth-order valence-corrected chi connectivity index (χ4v) is 1.46. The highest BCUT2D eigenvalue weighted by molar-refractivity contribution is 6.32. The number of halogens is 3. The molecule has 1 aromatic heterocycles. The van der Waals surface area contributed by atoms with E-state index in [1.165, 1.54) is 12.1 Å². The van der Waals surface area contributed by atoms with Crippen LogP contribution in [0, 0.1) is 5.82 Å². The van der Waals surface area contributed by atoms with Crippen LogP contribution in [0.3, 0.4) is 0 Å². The van der Waals surface area contributed by atoms with Gasteiger partial charge in [-0.05, 0) is 29.3 Å². The number of nitrogens with zero attached hydrogens (tertiary/aromatic N) is 3. The van der Waals surface area contributed by atoms with Crippen molar-refractivity contribution in [2.45, 2.75) is 6.54 Å². The minimum atomic E-state index is -0.279. The van der Waals surface area contributed by atoms with Gasteiger partial charge in [0.15, 0.2) is 11.0 Å². The maximum atomic E-state index is 12.7. The fraction of sp³-hybridized carbons (Fsp3) is 0.100. The average molecular weight is 273 g/mol. The summed E-state index contributed by atoms with van der Waals surface area (Å²) >= 11 is 11.4. The van der Waals surface area contributed by atoms with E-state index < -0.39 is 0 Å². The molecule has 1 aromatic carbocycles. The molecule has 2 aromatic rings. The van der Waals surface area contributed by atoms with Crippen molar-refractivity contribution in [1.82, 2.24) is 15.2 Å². The summed E-state index contributed by atoms with van der Waals surface area (Å²) in [6.07, 6.45) is 0. The van der Waals surface area contributed by atoms with Crippen LogP contribution in [-0.4, -0.2) is 15.2 Å². The summed E-state index contributed by atoms with van der Waals surface area (Å²) in [6.45, 7) is 0.440. The maximum absolute atomic E-state index is 12.7. The third-order valence-electron chi connectivity index (χ3n) is 1.99. The van der Waals surface area contributed by atoms with Crippen molar-refractivity contribution >= 4 is 29.0 Å². The molecule has 1 N–H and O–H groups in total. The molecule has 2 rings (SSSR count). The van der Waals surface area contributed by atoms with Gasteiger partial charge in [-0.2, -0.15) is 4.98 Å². The van der Waals surface area contributed by atoms with Crippen LogP contribution in [-0.2, 0) is 6.54 Å². The number of anilines is 1. The molecule has 1 heterocycles. The second-order valence-corrected chi connectivity index (χ2v) is 3.90. The van der Waals surface area contributed by atoms with E-state index in [2.05, 4.69) is 20.5 Å². The third-order valence-corrected chi connectivity index (χ3v) is 2.41. The molecule has 4 nitrogen and oxygen atoms in total. The van der Waals surface area contributed by atoms with Crippen LogP contribution in [0.5, 0.6) is 0 Å². The SMILES string of the molecule is Fc1ccc(CNc2nc(Cl)nnc2Cl)cc1. The third kappa shape index (κ3) is 3.25. The molecule has 0 saturated carbocycles. The first kappa shape index (κ1) is 12.0. The largest absolute Gasteiger partial charge is 0.363 e. The molecular weight excluding hydrogens is 266 g/mol. The molecule has 0 atom stereocenters. The van der Waals surface area contributed by atoms with Crippen molar-refractivity contribution in [2.24, 2.45) is 0 Å². The van der Waals surface area contributed by atoms with Crippen LogP contribution in [0.15, 0.2) is 24.3 Å². The number of rotatable bonds is 3. The first-order valence-electron chi connectivity index (χ1n) is 4.69. The molecule has 0 unspecified atom stereocenters. The summed E-state index contributed by atoms with van der Waals surface area (Å²) in [4.78, 5) is 3.88. The fourth-order valence-electron chi connectivity index (χ4n) is 1.19. The number of benzene rings is 1. The van der Waals surface area contributed by atoms with Gasteiger partial charge in [0, 0.05) is 6.54 Å². The van der Waals surface area contributed by atoms with Gasteiger partial charge < -0.3 is 5.32 Å². The Bertz CT molecular complexity index is 518. The average Bonchev–Trinajstić information content (AvgIpc) is 2.32. The molecule has 0 aliphatic heterocycles. The van der Waals surface area contributed by atoms with Gasteiger partial charge in [0.1, 0.15) is 5.82 Å². The monoisotopic (exact) mass is 272 g/mol. The lowest BCUT2D eigenvalue weighted by molar-refractivity contribution is 0.627. The highest BCUT2D eigenvalue weighted by atomic mass is 35.5. The summed E-state index contributed by atoms with van der Waals surface area (Å²) in [7, 11) is 0. The van der Waals surface area contributed by atoms with E-state index >= 15 is 0 Å². The first-order valence-corrected chi connectivity index (χ1v) is 5.45. The van der Waals surface area contributed by atoms with Gasteiger partial charge in [-0.3, -0.25) is 0 Å². The Hall–Kier alpha value is -1.46. The van der Waals surface area contributed by atoms with Gasteiger partial charge in [0.25, 0.3) is 0 Å². The van der Waals surface area contributed by atoms with Gasteiger partial charge in [-0.15, -0.1) is 10.2 Å². The number of aromatic nitrogens is 3. The molecule has 7 heteroatoms. The molecule has 17 heavy (non-hydrogen) atoms. The zero-order valence-corrected chi connectivity index (χ0v) is 10.0. The first-order chi connectivity index (χ1) is 8.15. The highest BCUT2D eigenvalue weighted by Crippen LogP contribution is 2.17. The van der Waals surface area contributed by atoms with Gasteiger partial charge >= 0.3 is 0 Å². The van der Waals surface area contributed by atoms with E-state index in [-0.39, 0.29) is 16.3 Å². The van der Waals surface area contributed by atoms with Gasteiger partial charge in [-0.25, -0.2) is 4.39 Å². The molecule has 0 amide bonds. The van der Waals surface area contributed by atoms with Gasteiger partial charge in [0.2, 0.25) is 5.28 Å². The van der Waals surface area contributed by atoms with Crippen LogP contribution in [0.4, 0.5) is 10.2 Å². The van der Waals surface area contributed by atoms with Crippen LogP contribution < -0.4 is 5.32 Å². The minimum absolute atomic E-state index is 0.0102. The second kappa shape index (κ2) is 5.25. The van der Waals surface area contributed by atoms with E-state index in [4.69, 9.17) is 23.2 Å². The van der Waals surface area contributed by atoms with E-state index in [0.717, 1.165) is 5.56 Å². The van der Waals surface area contributed by atoms with Crippen LogP contribution >= 0.6 is 23.2 Å². The Balaban J connectivity index is 2.07. The molecule has 0 spiro atoms. The molecule has 88 valence electrons. The Morgan fingerprint density at radius 1 is 1.12 bits per heavy atom. The van der Waals surface area contributed by atoms with E-state index in [9.17, 15) is 4.39 Å². The Labute approximate surface area is 107 Å². The topological polar surface area (TPSA) is 50.7 Å². The van der Waals surface area contributed by atoms with E-state index in [0.29, 0.717) is 12.4 Å². The lowest BCUT2D eigenvalue weighted by Gasteiger charge is -2.06. The van der Waals surface area contributed by atoms with Gasteiger partial charge in [-0.1, -0.05) is 23.7 Å². The summed E-state index contributed by atoms with van der Waals surface area (Å²) in [5.74, 6) is 0.0644. The quantitative estimate of drug-likeness (QED) is 0.934. The van der Waals surface area contributed by atoms with Crippen molar-refractivity contribution in [1.29, 1.82) is 0 Å². The lowest BCUT2D eigenvalue weighted by Crippen LogP contribution is -2.04. The second-order valence-electron chi connectivity index (χ2n) is 3.20. The number of hydrogen-bond acceptors (Lipinski definition) is 4. The molecule has 0 aliphatic carbocycles. The summed E-state index contributed by atoms with van der Waals surface area (Å²) in [6, 6.07) is 6.08. The smallest absolute Gasteiger partial charge is 0.245 e. The van der Waals surface area contributed by atoms with Crippen molar-refractivity contribution in [3.63, 3.8) is 0 Å². The number of nitrogens with one attached hydrogen (secondary N) is 1. The minimum Gasteiger partial charge on any atom is -0.363 e. The Kier molecular flexibility index (Phi) is 3.71. The molecule has 0 radical (unpaired) electrons.